The highest BCUT2D eigenvalue weighted by atomic mass is 15.3. The van der Waals surface area contributed by atoms with Crippen LogP contribution in [0.2, 0.25) is 0 Å². The zero-order valence-corrected chi connectivity index (χ0v) is 45.8. The molecule has 3 unspecified atom stereocenters. The lowest BCUT2D eigenvalue weighted by atomic mass is 9.28. The molecule has 8 aromatic rings. The van der Waals surface area contributed by atoms with Crippen LogP contribution in [0.25, 0.3) is 22.3 Å². The van der Waals surface area contributed by atoms with E-state index >= 15 is 0 Å². The second kappa shape index (κ2) is 15.0. The van der Waals surface area contributed by atoms with Gasteiger partial charge in [0.25, 0.3) is 6.71 Å². The lowest BCUT2D eigenvalue weighted by Gasteiger charge is -2.53. The first kappa shape index (κ1) is 45.8. The lowest BCUT2D eigenvalue weighted by Crippen LogP contribution is -2.67. The number of hydrogen-bond donors (Lipinski definition) is 0. The molecular formula is C70H70BN3. The van der Waals surface area contributed by atoms with Crippen LogP contribution in [0.1, 0.15) is 148 Å². The molecule has 0 aromatic heterocycles. The van der Waals surface area contributed by atoms with Crippen LogP contribution in [0.15, 0.2) is 158 Å². The first-order valence-electron chi connectivity index (χ1n) is 27.7. The van der Waals surface area contributed by atoms with E-state index in [1.54, 1.807) is 0 Å². The largest absolute Gasteiger partial charge is 0.334 e. The highest BCUT2D eigenvalue weighted by Gasteiger charge is 2.60. The van der Waals surface area contributed by atoms with Gasteiger partial charge >= 0.3 is 0 Å². The molecule has 0 N–H and O–H groups in total. The second-order valence-electron chi connectivity index (χ2n) is 26.6. The molecule has 0 radical (unpaired) electrons. The van der Waals surface area contributed by atoms with Gasteiger partial charge in [-0.25, -0.2) is 0 Å². The minimum atomic E-state index is -0.401. The Morgan fingerprint density at radius 3 is 1.73 bits per heavy atom. The molecular weight excluding hydrogens is 894 g/mol. The van der Waals surface area contributed by atoms with Crippen molar-refractivity contribution in [1.82, 2.24) is 0 Å². The van der Waals surface area contributed by atoms with E-state index < -0.39 is 5.41 Å². The third-order valence-electron chi connectivity index (χ3n) is 19.4. The Hall–Kier alpha value is -6.78. The third-order valence-corrected chi connectivity index (χ3v) is 19.4. The molecule has 0 amide bonds. The monoisotopic (exact) mass is 964 g/mol. The van der Waals surface area contributed by atoms with Gasteiger partial charge in [0, 0.05) is 56.2 Å². The summed E-state index contributed by atoms with van der Waals surface area (Å²) in [7, 11) is 0. The molecule has 0 spiro atoms. The Bertz CT molecular complexity index is 3700. The van der Waals surface area contributed by atoms with E-state index in [-0.39, 0.29) is 33.9 Å². The van der Waals surface area contributed by atoms with Gasteiger partial charge in [0.1, 0.15) is 0 Å². The second-order valence-corrected chi connectivity index (χ2v) is 26.6. The van der Waals surface area contributed by atoms with Crippen molar-refractivity contribution in [1.29, 1.82) is 0 Å². The van der Waals surface area contributed by atoms with Gasteiger partial charge < -0.3 is 14.7 Å². The van der Waals surface area contributed by atoms with E-state index in [1.807, 2.05) is 0 Å². The van der Waals surface area contributed by atoms with E-state index in [9.17, 15) is 0 Å². The van der Waals surface area contributed by atoms with Crippen LogP contribution in [0.3, 0.4) is 0 Å². The average molecular weight is 964 g/mol. The van der Waals surface area contributed by atoms with Crippen molar-refractivity contribution in [3.63, 3.8) is 0 Å². The molecule has 0 bridgehead atoms. The number of hydrogen-bond acceptors (Lipinski definition) is 3. The predicted molar refractivity (Wildman–Crippen MR) is 316 cm³/mol. The summed E-state index contributed by atoms with van der Waals surface area (Å²) < 4.78 is 0. The number of nitrogens with zero attached hydrogens (tertiary/aromatic N) is 3. The maximum Gasteiger partial charge on any atom is 0.253 e. The fraction of sp³-hybridized carbons (Fsp3) is 0.314. The fourth-order valence-corrected chi connectivity index (χ4v) is 15.6. The molecule has 6 aliphatic rings. The topological polar surface area (TPSA) is 9.72 Å². The van der Waals surface area contributed by atoms with E-state index in [4.69, 9.17) is 0 Å². The number of para-hydroxylation sites is 1. The highest BCUT2D eigenvalue weighted by molar-refractivity contribution is 7.01. The fourth-order valence-electron chi connectivity index (χ4n) is 15.6. The Balaban J connectivity index is 1.17. The van der Waals surface area contributed by atoms with Gasteiger partial charge in [-0.05, 0) is 170 Å². The van der Waals surface area contributed by atoms with Crippen molar-refractivity contribution in [2.24, 2.45) is 0 Å². The Morgan fingerprint density at radius 2 is 1.01 bits per heavy atom. The lowest BCUT2D eigenvalue weighted by molar-refractivity contribution is 0.195. The minimum Gasteiger partial charge on any atom is -0.334 e. The quantitative estimate of drug-likeness (QED) is 0.163. The molecule has 4 heterocycles. The van der Waals surface area contributed by atoms with Crippen LogP contribution in [-0.2, 0) is 27.1 Å². The van der Waals surface area contributed by atoms with Crippen LogP contribution in [-0.4, -0.2) is 12.3 Å². The molecule has 0 saturated heterocycles. The SMILES string of the molecule is CC(C)(C)c1ccc(N2c3cc(N4c5ccccc5C5(C)CCCCC45C)cc4c3B3c5c(ccc6c5C(C)(c5ccccc5-6)c5c(C(C)(C)C)ccc2c53)N4c2ccc(C(C)(C)C)cc2-c2ccccc2)cc1. The average Bonchev–Trinajstić information content (AvgIpc) is 3.87. The van der Waals surface area contributed by atoms with E-state index in [0.29, 0.717) is 0 Å². The van der Waals surface area contributed by atoms with Crippen LogP contribution in [0.5, 0.6) is 0 Å². The number of rotatable bonds is 4. The van der Waals surface area contributed by atoms with Gasteiger partial charge in [-0.3, -0.25) is 0 Å². The summed E-state index contributed by atoms with van der Waals surface area (Å²) in [6.07, 6.45) is 4.80. The number of fused-ring (bicyclic) bond motifs is 7. The van der Waals surface area contributed by atoms with Gasteiger partial charge in [-0.1, -0.05) is 185 Å². The standard InChI is InChI=1S/C70H70BN3/c1-65(2,3)44-28-31-46(32-29-44)72-56-37-34-53(67(7,8)9)61-64(56)71-62-58(72)41-47(74-55-27-19-18-26-52(55)68(10)38-20-21-39-69(68,74)11)42-59(62)73(54-35-30-45(66(4,5)6)40-50(54)43-22-14-13-15-23-43)57-36-33-49-48-24-16-17-25-51(48)70(61,12)60(49)63(57)71/h13-19,22-37,40-42H,20-21,38-39H2,1-12H3. The normalized spacial score (nSPS) is 21.6. The molecule has 4 heteroatoms. The van der Waals surface area contributed by atoms with Crippen molar-refractivity contribution in [2.45, 2.75) is 141 Å². The molecule has 74 heavy (non-hydrogen) atoms. The van der Waals surface area contributed by atoms with Crippen LogP contribution in [0.4, 0.5) is 45.5 Å². The molecule has 1 fully saturated rings. The van der Waals surface area contributed by atoms with E-state index in [2.05, 4.69) is 256 Å². The van der Waals surface area contributed by atoms with Crippen LogP contribution < -0.4 is 31.1 Å². The highest BCUT2D eigenvalue weighted by Crippen LogP contribution is 2.64. The first-order valence-corrected chi connectivity index (χ1v) is 27.7. The molecule has 8 aromatic carbocycles. The van der Waals surface area contributed by atoms with Crippen molar-refractivity contribution in [3.05, 3.63) is 197 Å². The van der Waals surface area contributed by atoms with Gasteiger partial charge in [0.2, 0.25) is 0 Å². The zero-order chi connectivity index (χ0) is 51.2. The molecule has 1 saturated carbocycles. The van der Waals surface area contributed by atoms with Crippen molar-refractivity contribution < 1.29 is 0 Å². The van der Waals surface area contributed by atoms with Gasteiger partial charge in [-0.15, -0.1) is 0 Å². The van der Waals surface area contributed by atoms with Crippen LogP contribution in [0, 0.1) is 0 Å². The Morgan fingerprint density at radius 1 is 0.419 bits per heavy atom. The minimum absolute atomic E-state index is 0.00124. The number of benzene rings is 8. The predicted octanol–water partition coefficient (Wildman–Crippen LogP) is 16.7. The maximum atomic E-state index is 2.81. The first-order chi connectivity index (χ1) is 35.2. The summed E-state index contributed by atoms with van der Waals surface area (Å²) in [4.78, 5) is 8.25. The summed E-state index contributed by atoms with van der Waals surface area (Å²) in [5.41, 5.74) is 29.1. The van der Waals surface area contributed by atoms with Gasteiger partial charge in [0.15, 0.2) is 0 Å². The Kier molecular flexibility index (Phi) is 9.26. The molecule has 3 nitrogen and oxygen atoms in total. The summed E-state index contributed by atoms with van der Waals surface area (Å²) in [6.45, 7) is 29.1. The Labute approximate surface area is 441 Å². The summed E-state index contributed by atoms with van der Waals surface area (Å²) in [6, 6.07) is 62.3. The summed E-state index contributed by atoms with van der Waals surface area (Å²) >= 11 is 0. The van der Waals surface area contributed by atoms with Crippen LogP contribution >= 0.6 is 0 Å². The van der Waals surface area contributed by atoms with Crippen molar-refractivity contribution >= 4 is 68.6 Å². The van der Waals surface area contributed by atoms with E-state index in [0.717, 1.165) is 6.42 Å². The van der Waals surface area contributed by atoms with Gasteiger partial charge in [0.05, 0.1) is 11.2 Å². The third kappa shape index (κ3) is 5.86. The zero-order valence-electron chi connectivity index (χ0n) is 45.8. The van der Waals surface area contributed by atoms with Crippen molar-refractivity contribution in [3.8, 4) is 22.3 Å². The smallest absolute Gasteiger partial charge is 0.253 e. The molecule has 368 valence electrons. The molecule has 2 aliphatic carbocycles. The van der Waals surface area contributed by atoms with E-state index in [1.165, 1.54) is 142 Å². The maximum absolute atomic E-state index is 2.81. The van der Waals surface area contributed by atoms with Gasteiger partial charge in [-0.2, -0.15) is 0 Å². The molecule has 14 rings (SSSR count). The molecule has 3 atom stereocenters. The van der Waals surface area contributed by atoms with Crippen molar-refractivity contribution in [2.75, 3.05) is 14.7 Å². The molecule has 4 aliphatic heterocycles. The number of anilines is 8. The summed E-state index contributed by atoms with van der Waals surface area (Å²) in [5.74, 6) is 0. The summed E-state index contributed by atoms with van der Waals surface area (Å²) in [5, 5.41) is 0.